The molecule has 2 fully saturated rings. The van der Waals surface area contributed by atoms with Crippen molar-refractivity contribution < 1.29 is 9.47 Å². The molecular weight excluding hydrogens is 262 g/mol. The minimum Gasteiger partial charge on any atom is -0.469 e. The maximum Gasteiger partial charge on any atom is 0.291 e. The van der Waals surface area contributed by atoms with E-state index in [0.717, 1.165) is 18.3 Å². The summed E-state index contributed by atoms with van der Waals surface area (Å²) in [5.41, 5.74) is 1.23. The fraction of sp³-hybridized carbons (Fsp3) is 0.692. The SMILES string of the molecule is CC(C)=CCOc1nsnc1OC1C2CCC1NC2. The quantitative estimate of drug-likeness (QED) is 0.837. The highest BCUT2D eigenvalue weighted by molar-refractivity contribution is 6.99. The van der Waals surface area contributed by atoms with Gasteiger partial charge in [0.05, 0.1) is 11.7 Å². The van der Waals surface area contributed by atoms with E-state index >= 15 is 0 Å². The van der Waals surface area contributed by atoms with E-state index in [-0.39, 0.29) is 6.10 Å². The molecule has 1 N–H and O–H groups in total. The molecule has 0 aromatic carbocycles. The van der Waals surface area contributed by atoms with Gasteiger partial charge in [-0.1, -0.05) is 5.57 Å². The van der Waals surface area contributed by atoms with Gasteiger partial charge in [-0.25, -0.2) is 0 Å². The highest BCUT2D eigenvalue weighted by atomic mass is 32.1. The Kier molecular flexibility index (Phi) is 3.70. The van der Waals surface area contributed by atoms with Gasteiger partial charge in [0.25, 0.3) is 11.8 Å². The lowest BCUT2D eigenvalue weighted by Gasteiger charge is -2.15. The molecule has 1 aliphatic heterocycles. The van der Waals surface area contributed by atoms with Crippen LogP contribution >= 0.6 is 11.7 Å². The van der Waals surface area contributed by atoms with Gasteiger partial charge in [-0.05, 0) is 32.8 Å². The van der Waals surface area contributed by atoms with Crippen molar-refractivity contribution in [3.8, 4) is 11.8 Å². The molecule has 1 saturated heterocycles. The van der Waals surface area contributed by atoms with Crippen LogP contribution in [0.2, 0.25) is 0 Å². The van der Waals surface area contributed by atoms with Gasteiger partial charge in [-0.3, -0.25) is 0 Å². The van der Waals surface area contributed by atoms with Crippen LogP contribution in [0.15, 0.2) is 11.6 Å². The minimum atomic E-state index is 0.231. The average Bonchev–Trinajstić information content (AvgIpc) is 3.08. The largest absolute Gasteiger partial charge is 0.469 e. The van der Waals surface area contributed by atoms with Crippen molar-refractivity contribution in [1.82, 2.24) is 14.1 Å². The number of ether oxygens (including phenoxy) is 2. The molecule has 0 amide bonds. The van der Waals surface area contributed by atoms with Crippen molar-refractivity contribution in [2.24, 2.45) is 5.92 Å². The molecule has 1 aliphatic carbocycles. The molecule has 104 valence electrons. The summed E-state index contributed by atoms with van der Waals surface area (Å²) in [6, 6.07) is 0.470. The summed E-state index contributed by atoms with van der Waals surface area (Å²) in [7, 11) is 0. The lowest BCUT2D eigenvalue weighted by molar-refractivity contribution is 0.161. The third-order valence-corrected chi connectivity index (χ3v) is 4.24. The normalized spacial score (nSPS) is 28.4. The second-order valence-electron chi connectivity index (χ2n) is 5.40. The zero-order chi connectivity index (χ0) is 13.2. The summed E-state index contributed by atoms with van der Waals surface area (Å²) < 4.78 is 20.0. The summed E-state index contributed by atoms with van der Waals surface area (Å²) >= 11 is 1.14. The van der Waals surface area contributed by atoms with Crippen LogP contribution in [0.25, 0.3) is 0 Å². The fourth-order valence-electron chi connectivity index (χ4n) is 2.72. The molecule has 19 heavy (non-hydrogen) atoms. The molecule has 1 saturated carbocycles. The lowest BCUT2D eigenvalue weighted by atomic mass is 10.1. The Morgan fingerprint density at radius 2 is 2.21 bits per heavy atom. The number of piperidine rings is 1. The molecule has 1 aromatic rings. The maximum absolute atomic E-state index is 6.02. The van der Waals surface area contributed by atoms with Crippen LogP contribution in [0.1, 0.15) is 26.7 Å². The Morgan fingerprint density at radius 1 is 1.37 bits per heavy atom. The topological polar surface area (TPSA) is 56.3 Å². The van der Waals surface area contributed by atoms with Crippen molar-refractivity contribution in [2.75, 3.05) is 13.2 Å². The van der Waals surface area contributed by atoms with Crippen LogP contribution in [-0.4, -0.2) is 34.0 Å². The maximum atomic E-state index is 6.02. The van der Waals surface area contributed by atoms with Crippen molar-refractivity contribution in [3.05, 3.63) is 11.6 Å². The number of hydrogen-bond donors (Lipinski definition) is 1. The highest BCUT2D eigenvalue weighted by Gasteiger charge is 2.44. The molecule has 2 heterocycles. The first-order valence-electron chi connectivity index (χ1n) is 6.73. The number of allylic oxidation sites excluding steroid dienone is 1. The number of aromatic nitrogens is 2. The number of nitrogens with zero attached hydrogens (tertiary/aromatic N) is 2. The number of hydrogen-bond acceptors (Lipinski definition) is 6. The van der Waals surface area contributed by atoms with E-state index in [2.05, 4.69) is 14.1 Å². The van der Waals surface area contributed by atoms with Crippen LogP contribution in [-0.2, 0) is 0 Å². The summed E-state index contributed by atoms with van der Waals surface area (Å²) in [5.74, 6) is 1.68. The monoisotopic (exact) mass is 281 g/mol. The molecule has 3 unspecified atom stereocenters. The van der Waals surface area contributed by atoms with Gasteiger partial charge in [0.2, 0.25) is 0 Å². The molecule has 2 aliphatic rings. The van der Waals surface area contributed by atoms with E-state index in [1.165, 1.54) is 18.4 Å². The van der Waals surface area contributed by atoms with Crippen LogP contribution in [0.4, 0.5) is 0 Å². The summed E-state index contributed by atoms with van der Waals surface area (Å²) in [4.78, 5) is 0. The molecule has 6 heteroatoms. The smallest absolute Gasteiger partial charge is 0.291 e. The van der Waals surface area contributed by atoms with Crippen LogP contribution in [0.5, 0.6) is 11.8 Å². The molecule has 3 atom stereocenters. The Labute approximate surface area is 117 Å². The summed E-state index contributed by atoms with van der Waals surface area (Å²) in [5, 5.41) is 3.48. The van der Waals surface area contributed by atoms with Crippen LogP contribution in [0.3, 0.4) is 0 Å². The Balaban J connectivity index is 1.62. The first kappa shape index (κ1) is 12.9. The second-order valence-corrected chi connectivity index (χ2v) is 5.93. The standard InChI is InChI=1S/C13H19N3O2S/c1-8(2)5-6-17-12-13(16-19-15-12)18-11-9-3-4-10(11)14-7-9/h5,9-11,14H,3-4,6-7H2,1-2H3. The van der Waals surface area contributed by atoms with E-state index < -0.39 is 0 Å². The first-order chi connectivity index (χ1) is 9.24. The molecule has 5 nitrogen and oxygen atoms in total. The lowest BCUT2D eigenvalue weighted by Crippen LogP contribution is -2.31. The highest BCUT2D eigenvalue weighted by Crippen LogP contribution is 2.36. The molecular formula is C13H19N3O2S. The van der Waals surface area contributed by atoms with E-state index in [9.17, 15) is 0 Å². The van der Waals surface area contributed by atoms with E-state index in [4.69, 9.17) is 9.47 Å². The van der Waals surface area contributed by atoms with Gasteiger partial charge in [0, 0.05) is 18.5 Å². The van der Waals surface area contributed by atoms with Gasteiger partial charge in [-0.2, -0.15) is 0 Å². The first-order valence-corrected chi connectivity index (χ1v) is 7.46. The van der Waals surface area contributed by atoms with Crippen molar-refractivity contribution in [3.63, 3.8) is 0 Å². The van der Waals surface area contributed by atoms with Gasteiger partial charge in [0.1, 0.15) is 12.7 Å². The van der Waals surface area contributed by atoms with Crippen molar-refractivity contribution in [2.45, 2.75) is 38.8 Å². The van der Waals surface area contributed by atoms with Gasteiger partial charge in [0.15, 0.2) is 0 Å². The number of nitrogens with one attached hydrogen (secondary N) is 1. The number of rotatable bonds is 5. The summed E-state index contributed by atoms with van der Waals surface area (Å²) in [6.45, 7) is 5.66. The molecule has 1 aromatic heterocycles. The average molecular weight is 281 g/mol. The fourth-order valence-corrected chi connectivity index (χ4v) is 3.16. The zero-order valence-electron chi connectivity index (χ0n) is 11.3. The third-order valence-electron chi connectivity index (χ3n) is 3.74. The molecule has 0 radical (unpaired) electrons. The molecule has 0 spiro atoms. The van der Waals surface area contributed by atoms with Crippen molar-refractivity contribution >= 4 is 11.7 Å². The second kappa shape index (κ2) is 5.46. The van der Waals surface area contributed by atoms with E-state index in [1.54, 1.807) is 0 Å². The zero-order valence-corrected chi connectivity index (χ0v) is 12.1. The predicted molar refractivity (Wildman–Crippen MR) is 73.8 cm³/mol. The van der Waals surface area contributed by atoms with Crippen LogP contribution in [0, 0.1) is 5.92 Å². The van der Waals surface area contributed by atoms with Gasteiger partial charge < -0.3 is 14.8 Å². The Morgan fingerprint density at radius 3 is 2.84 bits per heavy atom. The van der Waals surface area contributed by atoms with E-state index in [0.29, 0.717) is 30.3 Å². The Bertz CT molecular complexity index is 450. The van der Waals surface area contributed by atoms with E-state index in [1.807, 2.05) is 19.9 Å². The molecule has 2 bridgehead atoms. The van der Waals surface area contributed by atoms with Crippen molar-refractivity contribution in [1.29, 1.82) is 0 Å². The number of fused-ring (bicyclic) bond motifs is 2. The minimum absolute atomic E-state index is 0.231. The van der Waals surface area contributed by atoms with Gasteiger partial charge in [-0.15, -0.1) is 8.75 Å². The van der Waals surface area contributed by atoms with Gasteiger partial charge >= 0.3 is 0 Å². The molecule has 3 rings (SSSR count). The summed E-state index contributed by atoms with van der Waals surface area (Å²) in [6.07, 6.45) is 4.69. The third kappa shape index (κ3) is 2.74. The van der Waals surface area contributed by atoms with Crippen LogP contribution < -0.4 is 14.8 Å². The Hall–Kier alpha value is -1.14. The predicted octanol–water partition coefficient (Wildman–Crippen LogP) is 2.01.